The summed E-state index contributed by atoms with van der Waals surface area (Å²) < 4.78 is 5.87. The van der Waals surface area contributed by atoms with Gasteiger partial charge in [0.25, 0.3) is 0 Å². The fraction of sp³-hybridized carbons (Fsp3) is 0.300. The van der Waals surface area contributed by atoms with Gasteiger partial charge in [0.15, 0.2) is 5.69 Å². The number of hydrogen-bond acceptors (Lipinski definition) is 6. The average Bonchev–Trinajstić information content (AvgIpc) is 2.92. The van der Waals surface area contributed by atoms with Crippen molar-refractivity contribution in [3.05, 3.63) is 89.5 Å². The van der Waals surface area contributed by atoms with Crippen molar-refractivity contribution in [1.82, 2.24) is 9.97 Å². The first-order valence-corrected chi connectivity index (χ1v) is 12.3. The molecular formula is C30H30N4O3. The lowest BCUT2D eigenvalue weighted by atomic mass is 9.83. The summed E-state index contributed by atoms with van der Waals surface area (Å²) in [5.74, 6) is 1.46. The Morgan fingerprint density at radius 3 is 2.32 bits per heavy atom. The zero-order chi connectivity index (χ0) is 26.2. The standard InChI is InChI=1S/C30H30N4O3/c1-29(2,35)21-10-13-26(32-18-21)34-16-14-30(36,15-17-34)25-19-33-27-23(6-5-7-24(27)28(25)37-4)20-8-11-22(31-3)12-9-20/h5-13,18-19,35-36H,14-17H2,1-2,4H3. The zero-order valence-corrected chi connectivity index (χ0v) is 21.3. The van der Waals surface area contributed by atoms with Crippen LogP contribution in [0, 0.1) is 6.57 Å². The van der Waals surface area contributed by atoms with Gasteiger partial charge in [-0.15, -0.1) is 0 Å². The van der Waals surface area contributed by atoms with Crippen molar-refractivity contribution in [3.8, 4) is 16.9 Å². The van der Waals surface area contributed by atoms with Crippen LogP contribution in [0.1, 0.15) is 37.8 Å². The van der Waals surface area contributed by atoms with Crippen molar-refractivity contribution in [2.24, 2.45) is 0 Å². The topological polar surface area (TPSA) is 83.1 Å². The Morgan fingerprint density at radius 1 is 1.00 bits per heavy atom. The number of fused-ring (bicyclic) bond motifs is 1. The van der Waals surface area contributed by atoms with Crippen LogP contribution in [0.15, 0.2) is 67.0 Å². The van der Waals surface area contributed by atoms with Gasteiger partial charge in [0.05, 0.1) is 30.4 Å². The summed E-state index contributed by atoms with van der Waals surface area (Å²) in [7, 11) is 1.63. The Bertz CT molecular complexity index is 1460. The van der Waals surface area contributed by atoms with Crippen molar-refractivity contribution in [2.75, 3.05) is 25.1 Å². The third kappa shape index (κ3) is 4.62. The number of nitrogens with zero attached hydrogens (tertiary/aromatic N) is 4. The summed E-state index contributed by atoms with van der Waals surface area (Å²) >= 11 is 0. The third-order valence-corrected chi connectivity index (χ3v) is 7.23. The Labute approximate surface area is 216 Å². The first-order chi connectivity index (χ1) is 17.7. The molecular weight excluding hydrogens is 464 g/mol. The van der Waals surface area contributed by atoms with Crippen LogP contribution in [-0.2, 0) is 11.2 Å². The highest BCUT2D eigenvalue weighted by Gasteiger charge is 2.38. The number of benzene rings is 2. The highest BCUT2D eigenvalue weighted by Crippen LogP contribution is 2.43. The van der Waals surface area contributed by atoms with Gasteiger partial charge >= 0.3 is 0 Å². The molecule has 4 aromatic rings. The second kappa shape index (κ2) is 9.47. The van der Waals surface area contributed by atoms with Crippen LogP contribution in [0.2, 0.25) is 0 Å². The minimum atomic E-state index is -1.08. The van der Waals surface area contributed by atoms with Crippen molar-refractivity contribution in [2.45, 2.75) is 37.9 Å². The van der Waals surface area contributed by atoms with Crippen molar-refractivity contribution in [3.63, 3.8) is 0 Å². The molecule has 188 valence electrons. The molecule has 2 aromatic heterocycles. The van der Waals surface area contributed by atoms with Gasteiger partial charge in [-0.05, 0) is 44.4 Å². The molecule has 0 spiro atoms. The lowest BCUT2D eigenvalue weighted by Crippen LogP contribution is -2.43. The third-order valence-electron chi connectivity index (χ3n) is 7.23. The number of pyridine rings is 2. The van der Waals surface area contributed by atoms with Crippen LogP contribution in [-0.4, -0.2) is 40.4 Å². The Morgan fingerprint density at radius 2 is 1.73 bits per heavy atom. The number of para-hydroxylation sites is 1. The molecule has 1 fully saturated rings. The molecule has 1 aliphatic rings. The van der Waals surface area contributed by atoms with E-state index < -0.39 is 11.2 Å². The van der Waals surface area contributed by atoms with Crippen molar-refractivity contribution < 1.29 is 14.9 Å². The first-order valence-electron chi connectivity index (χ1n) is 12.3. The fourth-order valence-electron chi connectivity index (χ4n) is 5.01. The number of aliphatic hydroxyl groups is 2. The van der Waals surface area contributed by atoms with Crippen molar-refractivity contribution in [1.29, 1.82) is 0 Å². The van der Waals surface area contributed by atoms with E-state index in [1.807, 2.05) is 42.5 Å². The molecule has 0 bridgehead atoms. The largest absolute Gasteiger partial charge is 0.496 e. The van der Waals surface area contributed by atoms with Crippen molar-refractivity contribution >= 4 is 22.4 Å². The number of rotatable bonds is 5. The van der Waals surface area contributed by atoms with Crippen LogP contribution in [0.5, 0.6) is 5.75 Å². The van der Waals surface area contributed by atoms with E-state index in [2.05, 4.69) is 14.7 Å². The predicted molar refractivity (Wildman–Crippen MR) is 145 cm³/mol. The first kappa shape index (κ1) is 24.7. The van der Waals surface area contributed by atoms with E-state index in [9.17, 15) is 10.2 Å². The van der Waals surface area contributed by atoms with Crippen LogP contribution < -0.4 is 9.64 Å². The molecule has 1 saturated heterocycles. The second-order valence-corrected chi connectivity index (χ2v) is 10.0. The normalized spacial score (nSPS) is 15.4. The van der Waals surface area contributed by atoms with Crippen LogP contribution in [0.3, 0.4) is 0 Å². The molecule has 5 rings (SSSR count). The summed E-state index contributed by atoms with van der Waals surface area (Å²) in [5.41, 5.74) is 2.73. The lowest BCUT2D eigenvalue weighted by Gasteiger charge is -2.39. The van der Waals surface area contributed by atoms with E-state index in [-0.39, 0.29) is 0 Å². The predicted octanol–water partition coefficient (Wildman–Crippen LogP) is 5.57. The average molecular weight is 495 g/mol. The molecule has 2 aromatic carbocycles. The van der Waals surface area contributed by atoms with Gasteiger partial charge in [-0.1, -0.05) is 42.5 Å². The van der Waals surface area contributed by atoms with Crippen LogP contribution >= 0.6 is 0 Å². The molecule has 7 nitrogen and oxygen atoms in total. The molecule has 2 N–H and O–H groups in total. The van der Waals surface area contributed by atoms with E-state index in [0.717, 1.165) is 33.4 Å². The summed E-state index contributed by atoms with van der Waals surface area (Å²) in [6.45, 7) is 11.9. The van der Waals surface area contributed by atoms with E-state index in [1.54, 1.807) is 45.5 Å². The maximum atomic E-state index is 11.7. The Balaban J connectivity index is 1.44. The maximum Gasteiger partial charge on any atom is 0.187 e. The number of piperidine rings is 1. The smallest absolute Gasteiger partial charge is 0.187 e. The molecule has 7 heteroatoms. The van der Waals surface area contributed by atoms with Gasteiger partial charge in [0.1, 0.15) is 11.6 Å². The van der Waals surface area contributed by atoms with Gasteiger partial charge in [0, 0.05) is 47.6 Å². The molecule has 0 radical (unpaired) electrons. The molecule has 0 saturated carbocycles. The minimum absolute atomic E-state index is 0.503. The van der Waals surface area contributed by atoms with Gasteiger partial charge in [-0.3, -0.25) is 4.98 Å². The maximum absolute atomic E-state index is 11.7. The fourth-order valence-corrected chi connectivity index (χ4v) is 5.01. The van der Waals surface area contributed by atoms with Gasteiger partial charge in [-0.25, -0.2) is 9.83 Å². The molecule has 0 amide bonds. The Kier molecular flexibility index (Phi) is 6.32. The summed E-state index contributed by atoms with van der Waals surface area (Å²) in [6, 6.07) is 17.2. The highest BCUT2D eigenvalue weighted by molar-refractivity contribution is 5.97. The number of hydrogen-bond donors (Lipinski definition) is 2. The molecule has 0 atom stereocenters. The monoisotopic (exact) mass is 494 g/mol. The molecule has 3 heterocycles. The van der Waals surface area contributed by atoms with Gasteiger partial charge in [0.2, 0.25) is 0 Å². The summed E-state index contributed by atoms with van der Waals surface area (Å²) in [4.78, 5) is 15.0. The minimum Gasteiger partial charge on any atom is -0.496 e. The summed E-state index contributed by atoms with van der Waals surface area (Å²) in [6.07, 6.45) is 4.45. The van der Waals surface area contributed by atoms with Gasteiger partial charge in [-0.2, -0.15) is 0 Å². The molecule has 0 unspecified atom stereocenters. The Hall–Kier alpha value is -3.99. The van der Waals surface area contributed by atoms with Crippen LogP contribution in [0.25, 0.3) is 26.9 Å². The summed E-state index contributed by atoms with van der Waals surface area (Å²) in [5, 5.41) is 22.8. The highest BCUT2D eigenvalue weighted by atomic mass is 16.5. The molecule has 0 aliphatic carbocycles. The number of methoxy groups -OCH3 is 1. The second-order valence-electron chi connectivity index (χ2n) is 10.0. The SMILES string of the molecule is [C-]#[N+]c1ccc(-c2cccc3c(OC)c(C4(O)CCN(c5ccc(C(C)(C)O)cn5)CC4)cnc23)cc1. The van der Waals surface area contributed by atoms with Gasteiger partial charge < -0.3 is 19.8 Å². The zero-order valence-electron chi connectivity index (χ0n) is 21.3. The number of aromatic nitrogens is 2. The van der Waals surface area contributed by atoms with E-state index in [1.165, 1.54) is 0 Å². The number of ether oxygens (including phenoxy) is 1. The van der Waals surface area contributed by atoms with E-state index in [4.69, 9.17) is 16.3 Å². The van der Waals surface area contributed by atoms with E-state index >= 15 is 0 Å². The van der Waals surface area contributed by atoms with Crippen LogP contribution in [0.4, 0.5) is 11.5 Å². The van der Waals surface area contributed by atoms with E-state index in [0.29, 0.717) is 42.9 Å². The number of anilines is 1. The quantitative estimate of drug-likeness (QED) is 0.353. The molecule has 1 aliphatic heterocycles. The molecule has 37 heavy (non-hydrogen) atoms. The lowest BCUT2D eigenvalue weighted by molar-refractivity contribution is 0.00945.